The van der Waals surface area contributed by atoms with Crippen molar-refractivity contribution in [3.8, 4) is 0 Å². The molecule has 3 heteroatoms. The van der Waals surface area contributed by atoms with Crippen LogP contribution in [-0.2, 0) is 16.5 Å². The van der Waals surface area contributed by atoms with Crippen molar-refractivity contribution < 1.29 is 16.5 Å². The monoisotopic (exact) mass is 392 g/mol. The second-order valence-corrected chi connectivity index (χ2v) is 6.35. The van der Waals surface area contributed by atoms with E-state index in [4.69, 9.17) is 9.98 Å². The first-order valence-corrected chi connectivity index (χ1v) is 9.59. The number of aliphatic imine (C=N–C) groups is 2. The zero-order valence-corrected chi connectivity index (χ0v) is 16.9. The number of benzene rings is 2. The molecule has 0 spiro atoms. The fraction of sp³-hybridized carbons (Fsp3) is 0.391. The number of rotatable bonds is 10. The quantitative estimate of drug-likeness (QED) is 0.230. The van der Waals surface area contributed by atoms with Gasteiger partial charge in [-0.15, -0.1) is 0 Å². The average Bonchev–Trinajstić information content (AvgIpc) is 2.66. The molecule has 0 bridgehead atoms. The van der Waals surface area contributed by atoms with Gasteiger partial charge in [0, 0.05) is 16.5 Å². The summed E-state index contributed by atoms with van der Waals surface area (Å²) in [5.74, 6) is 0. The Morgan fingerprint density at radius 2 is 1.04 bits per heavy atom. The summed E-state index contributed by atoms with van der Waals surface area (Å²) in [4.78, 5) is 9.92. The Morgan fingerprint density at radius 1 is 0.615 bits per heavy atom. The maximum atomic E-state index is 4.97. The molecule has 142 valence electrons. The molecular weight excluding hydrogens is 363 g/mol. The Hall–Kier alpha value is -1.73. The topological polar surface area (TPSA) is 24.7 Å². The van der Waals surface area contributed by atoms with E-state index in [-0.39, 0.29) is 16.5 Å². The van der Waals surface area contributed by atoms with Gasteiger partial charge in [-0.1, -0.05) is 69.5 Å². The summed E-state index contributed by atoms with van der Waals surface area (Å²) in [7, 11) is 0. The van der Waals surface area contributed by atoms with Crippen molar-refractivity contribution in [1.29, 1.82) is 0 Å². The molecule has 0 saturated heterocycles. The van der Waals surface area contributed by atoms with E-state index in [1.54, 1.807) is 0 Å². The van der Waals surface area contributed by atoms with Crippen molar-refractivity contribution in [2.75, 3.05) is 0 Å². The van der Waals surface area contributed by atoms with E-state index in [0.29, 0.717) is 0 Å². The van der Waals surface area contributed by atoms with Gasteiger partial charge in [0.2, 0.25) is 0 Å². The van der Waals surface area contributed by atoms with Gasteiger partial charge in [-0.05, 0) is 49.9 Å². The third-order valence-electron chi connectivity index (χ3n) is 4.16. The predicted octanol–water partition coefficient (Wildman–Crippen LogP) is 7.30. The van der Waals surface area contributed by atoms with Gasteiger partial charge >= 0.3 is 0 Å². The van der Waals surface area contributed by atoms with E-state index in [9.17, 15) is 0 Å². The second-order valence-electron chi connectivity index (χ2n) is 6.35. The van der Waals surface area contributed by atoms with Crippen molar-refractivity contribution in [3.63, 3.8) is 0 Å². The van der Waals surface area contributed by atoms with Gasteiger partial charge in [0.15, 0.2) is 0 Å². The van der Waals surface area contributed by atoms with Crippen molar-refractivity contribution >= 4 is 22.8 Å². The van der Waals surface area contributed by atoms with Gasteiger partial charge in [-0.3, -0.25) is 9.98 Å². The SMILES string of the molecule is CCCCCC(=N\c1ccccc1)/C(CCCC)=N/c1ccccc1.[Ni]. The number of para-hydroxylation sites is 2. The fourth-order valence-corrected chi connectivity index (χ4v) is 2.73. The molecule has 0 aliphatic rings. The molecule has 0 amide bonds. The Balaban J connectivity index is 0.00000338. The van der Waals surface area contributed by atoms with Crippen LogP contribution in [0, 0.1) is 0 Å². The molecule has 0 atom stereocenters. The van der Waals surface area contributed by atoms with Gasteiger partial charge in [0.05, 0.1) is 22.8 Å². The molecule has 0 unspecified atom stereocenters. The fourth-order valence-electron chi connectivity index (χ4n) is 2.73. The van der Waals surface area contributed by atoms with Gasteiger partial charge < -0.3 is 0 Å². The first kappa shape index (κ1) is 22.3. The largest absolute Gasteiger partial charge is 0.252 e. The van der Waals surface area contributed by atoms with Crippen LogP contribution in [0.25, 0.3) is 0 Å². The van der Waals surface area contributed by atoms with E-state index in [0.717, 1.165) is 42.1 Å². The normalized spacial score (nSPS) is 11.9. The van der Waals surface area contributed by atoms with Crippen LogP contribution in [0.1, 0.15) is 58.8 Å². The van der Waals surface area contributed by atoms with Crippen molar-refractivity contribution in [2.24, 2.45) is 9.98 Å². The van der Waals surface area contributed by atoms with E-state index in [2.05, 4.69) is 38.1 Å². The first-order valence-electron chi connectivity index (χ1n) is 9.59. The zero-order chi connectivity index (χ0) is 17.7. The molecule has 0 fully saturated rings. The molecule has 0 N–H and O–H groups in total. The Morgan fingerprint density at radius 3 is 1.46 bits per heavy atom. The van der Waals surface area contributed by atoms with Gasteiger partial charge in [0.1, 0.15) is 0 Å². The number of hydrogen-bond donors (Lipinski definition) is 0. The minimum atomic E-state index is 0. The van der Waals surface area contributed by atoms with Crippen LogP contribution in [-0.4, -0.2) is 11.4 Å². The molecule has 0 aliphatic heterocycles. The molecule has 0 radical (unpaired) electrons. The van der Waals surface area contributed by atoms with E-state index >= 15 is 0 Å². The number of hydrogen-bond acceptors (Lipinski definition) is 2. The Bertz CT molecular complexity index is 663. The van der Waals surface area contributed by atoms with Crippen LogP contribution < -0.4 is 0 Å². The maximum Gasteiger partial charge on any atom is 0.0633 e. The number of nitrogens with zero attached hydrogens (tertiary/aromatic N) is 2. The molecule has 0 aromatic heterocycles. The van der Waals surface area contributed by atoms with Crippen molar-refractivity contribution in [2.45, 2.75) is 58.8 Å². The van der Waals surface area contributed by atoms with Gasteiger partial charge in [-0.25, -0.2) is 0 Å². The predicted molar refractivity (Wildman–Crippen MR) is 111 cm³/mol. The minimum Gasteiger partial charge on any atom is -0.252 e. The molecule has 0 heterocycles. The smallest absolute Gasteiger partial charge is 0.0633 e. The summed E-state index contributed by atoms with van der Waals surface area (Å²) in [5, 5.41) is 0. The summed E-state index contributed by atoms with van der Waals surface area (Å²) in [5.41, 5.74) is 4.33. The third-order valence-corrected chi connectivity index (χ3v) is 4.16. The third kappa shape index (κ3) is 8.10. The molecule has 2 aromatic rings. The van der Waals surface area contributed by atoms with Crippen molar-refractivity contribution in [3.05, 3.63) is 60.7 Å². The summed E-state index contributed by atoms with van der Waals surface area (Å²) in [6.45, 7) is 4.47. The molecule has 0 aliphatic carbocycles. The van der Waals surface area contributed by atoms with Gasteiger partial charge in [0.25, 0.3) is 0 Å². The van der Waals surface area contributed by atoms with Gasteiger partial charge in [-0.2, -0.15) is 0 Å². The Labute approximate surface area is 168 Å². The van der Waals surface area contributed by atoms with E-state index in [1.807, 2.05) is 36.4 Å². The minimum absolute atomic E-state index is 0. The summed E-state index contributed by atoms with van der Waals surface area (Å²) < 4.78 is 0. The van der Waals surface area contributed by atoms with Crippen LogP contribution in [0.4, 0.5) is 11.4 Å². The molecule has 2 nitrogen and oxygen atoms in total. The van der Waals surface area contributed by atoms with Crippen LogP contribution >= 0.6 is 0 Å². The summed E-state index contributed by atoms with van der Waals surface area (Å²) in [6.07, 6.45) is 7.93. The van der Waals surface area contributed by atoms with Crippen LogP contribution in [0.5, 0.6) is 0 Å². The number of unbranched alkanes of at least 4 members (excludes halogenated alkanes) is 3. The maximum absolute atomic E-state index is 4.97. The summed E-state index contributed by atoms with van der Waals surface area (Å²) in [6, 6.07) is 20.5. The van der Waals surface area contributed by atoms with E-state index < -0.39 is 0 Å². The van der Waals surface area contributed by atoms with Crippen LogP contribution in [0.2, 0.25) is 0 Å². The standard InChI is InChI=1S/C23H30N2.Ni/c1-3-5-9-19-23(25-21-16-12-8-13-17-21)22(18-6-4-2)24-20-14-10-7-11-15-20;/h7-8,10-17H,3-6,9,18-19H2,1-2H3;/b24-22+,25-23+;. The molecule has 2 aromatic carbocycles. The average molecular weight is 393 g/mol. The molecule has 26 heavy (non-hydrogen) atoms. The Kier molecular flexibility index (Phi) is 11.6. The van der Waals surface area contributed by atoms with Crippen LogP contribution in [0.15, 0.2) is 70.6 Å². The first-order chi connectivity index (χ1) is 12.3. The molecular formula is C23H30N2Ni. The van der Waals surface area contributed by atoms with Crippen molar-refractivity contribution in [1.82, 2.24) is 0 Å². The molecule has 0 saturated carbocycles. The summed E-state index contributed by atoms with van der Waals surface area (Å²) >= 11 is 0. The van der Waals surface area contributed by atoms with Crippen LogP contribution in [0.3, 0.4) is 0 Å². The second kappa shape index (κ2) is 13.5. The van der Waals surface area contributed by atoms with E-state index in [1.165, 1.54) is 25.7 Å². The zero-order valence-electron chi connectivity index (χ0n) is 15.9. The molecule has 2 rings (SSSR count).